The molecule has 0 bridgehead atoms. The van der Waals surface area contributed by atoms with Crippen molar-refractivity contribution in [2.75, 3.05) is 11.9 Å². The Morgan fingerprint density at radius 2 is 2.19 bits per heavy atom. The van der Waals surface area contributed by atoms with E-state index >= 15 is 0 Å². The Balaban J connectivity index is 1.94. The first-order chi connectivity index (χ1) is 9.88. The quantitative estimate of drug-likeness (QED) is 0.511. The number of hydrogen-bond donors (Lipinski definition) is 1. The van der Waals surface area contributed by atoms with Crippen LogP contribution >= 0.6 is 11.6 Å². The average molecular weight is 313 g/mol. The van der Waals surface area contributed by atoms with Crippen LogP contribution in [0.1, 0.15) is 13.3 Å². The van der Waals surface area contributed by atoms with E-state index in [1.807, 2.05) is 6.92 Å². The summed E-state index contributed by atoms with van der Waals surface area (Å²) in [6.07, 6.45) is 0.764. The fourth-order valence-electron chi connectivity index (χ4n) is 1.85. The van der Waals surface area contributed by atoms with Gasteiger partial charge in [0, 0.05) is 11.1 Å². The molecule has 2 unspecified atom stereocenters. The molecule has 1 saturated carbocycles. The average Bonchev–Trinajstić information content (AvgIpc) is 3.13. The van der Waals surface area contributed by atoms with Crippen molar-refractivity contribution in [3.05, 3.63) is 33.3 Å². The van der Waals surface area contributed by atoms with Gasteiger partial charge in [-0.15, -0.1) is 0 Å². The highest BCUT2D eigenvalue weighted by molar-refractivity contribution is 6.31. The molecule has 1 N–H and O–H groups in total. The van der Waals surface area contributed by atoms with Crippen molar-refractivity contribution in [1.82, 2.24) is 0 Å². The summed E-state index contributed by atoms with van der Waals surface area (Å²) in [5, 5.41) is 13.4. The zero-order chi connectivity index (χ0) is 15.6. The number of hydrogen-bond acceptors (Lipinski definition) is 5. The van der Waals surface area contributed by atoms with Crippen LogP contribution < -0.4 is 5.32 Å². The molecule has 0 aromatic heterocycles. The van der Waals surface area contributed by atoms with Crippen LogP contribution in [-0.4, -0.2) is 23.4 Å². The van der Waals surface area contributed by atoms with E-state index in [1.165, 1.54) is 18.2 Å². The first-order valence-corrected chi connectivity index (χ1v) is 6.66. The summed E-state index contributed by atoms with van der Waals surface area (Å²) in [5.41, 5.74) is -0.316. The van der Waals surface area contributed by atoms with E-state index in [1.54, 1.807) is 0 Å². The highest BCUT2D eigenvalue weighted by Crippen LogP contribution is 2.38. The SMILES string of the molecule is CC1CC1C(=O)OCC(=O)Nc1cc(Cl)ccc1[N+](=O)[O-]. The van der Waals surface area contributed by atoms with Gasteiger partial charge in [-0.2, -0.15) is 0 Å². The van der Waals surface area contributed by atoms with Crippen LogP contribution in [0.5, 0.6) is 0 Å². The second-order valence-electron chi connectivity index (χ2n) is 4.89. The number of nitrogens with one attached hydrogen (secondary N) is 1. The normalized spacial score (nSPS) is 19.7. The molecule has 8 heteroatoms. The first kappa shape index (κ1) is 15.2. The zero-order valence-electron chi connectivity index (χ0n) is 11.2. The third kappa shape index (κ3) is 3.91. The Kier molecular flexibility index (Phi) is 4.42. The van der Waals surface area contributed by atoms with Crippen LogP contribution in [-0.2, 0) is 14.3 Å². The lowest BCUT2D eigenvalue weighted by Crippen LogP contribution is -2.22. The molecule has 21 heavy (non-hydrogen) atoms. The Morgan fingerprint density at radius 3 is 2.76 bits per heavy atom. The number of nitrogens with zero attached hydrogens (tertiary/aromatic N) is 1. The Hall–Kier alpha value is -2.15. The predicted molar refractivity (Wildman–Crippen MR) is 75.0 cm³/mol. The third-order valence-corrected chi connectivity index (χ3v) is 3.42. The predicted octanol–water partition coefficient (Wildman–Crippen LogP) is 2.39. The molecule has 7 nitrogen and oxygen atoms in total. The van der Waals surface area contributed by atoms with Gasteiger partial charge >= 0.3 is 5.97 Å². The molecule has 0 saturated heterocycles. The van der Waals surface area contributed by atoms with Gasteiger partial charge in [-0.25, -0.2) is 0 Å². The third-order valence-electron chi connectivity index (χ3n) is 3.19. The number of carbonyl (C=O) groups excluding carboxylic acids is 2. The van der Waals surface area contributed by atoms with E-state index in [9.17, 15) is 19.7 Å². The molecule has 0 heterocycles. The van der Waals surface area contributed by atoms with Crippen molar-refractivity contribution < 1.29 is 19.2 Å². The van der Waals surface area contributed by atoms with Crippen molar-refractivity contribution in [2.45, 2.75) is 13.3 Å². The molecule has 1 fully saturated rings. The summed E-state index contributed by atoms with van der Waals surface area (Å²) < 4.78 is 4.85. The molecule has 1 aliphatic rings. The van der Waals surface area contributed by atoms with E-state index in [0.29, 0.717) is 0 Å². The van der Waals surface area contributed by atoms with E-state index in [-0.39, 0.29) is 28.2 Å². The number of esters is 1. The number of rotatable bonds is 5. The molecule has 2 rings (SSSR count). The van der Waals surface area contributed by atoms with Crippen molar-refractivity contribution in [2.24, 2.45) is 11.8 Å². The van der Waals surface area contributed by atoms with Crippen LogP contribution in [0, 0.1) is 22.0 Å². The number of benzene rings is 1. The number of anilines is 1. The minimum atomic E-state index is -0.651. The van der Waals surface area contributed by atoms with Gasteiger partial charge in [0.05, 0.1) is 10.8 Å². The minimum Gasteiger partial charge on any atom is -0.455 e. The molecule has 112 valence electrons. The van der Waals surface area contributed by atoms with Crippen molar-refractivity contribution in [3.8, 4) is 0 Å². The Bertz CT molecular complexity index is 604. The summed E-state index contributed by atoms with van der Waals surface area (Å²) in [6.45, 7) is 1.44. The molecule has 0 spiro atoms. The molecule has 1 aromatic rings. The molecular formula is C13H13ClN2O5. The van der Waals surface area contributed by atoms with Crippen LogP contribution in [0.15, 0.2) is 18.2 Å². The molecular weight excluding hydrogens is 300 g/mol. The fraction of sp³-hybridized carbons (Fsp3) is 0.385. The monoisotopic (exact) mass is 312 g/mol. The second-order valence-corrected chi connectivity index (χ2v) is 5.33. The van der Waals surface area contributed by atoms with Gasteiger partial charge in [-0.05, 0) is 24.5 Å². The number of carbonyl (C=O) groups is 2. The lowest BCUT2D eigenvalue weighted by atomic mass is 10.2. The van der Waals surface area contributed by atoms with Gasteiger partial charge in [0.25, 0.3) is 11.6 Å². The molecule has 0 aliphatic heterocycles. The maximum absolute atomic E-state index is 11.7. The minimum absolute atomic E-state index is 0.0339. The number of amides is 1. The van der Waals surface area contributed by atoms with E-state index < -0.39 is 23.4 Å². The standard InChI is InChI=1S/C13H13ClN2O5/c1-7-4-9(7)13(18)21-6-12(17)15-10-5-8(14)2-3-11(10)16(19)20/h2-3,5,7,9H,4,6H2,1H3,(H,15,17). The van der Waals surface area contributed by atoms with Crippen LogP contribution in [0.25, 0.3) is 0 Å². The lowest BCUT2D eigenvalue weighted by Gasteiger charge is -2.07. The Labute approximate surface area is 125 Å². The summed E-state index contributed by atoms with van der Waals surface area (Å²) in [5.74, 6) is -0.923. The van der Waals surface area contributed by atoms with Crippen molar-refractivity contribution in [1.29, 1.82) is 0 Å². The van der Waals surface area contributed by atoms with Gasteiger partial charge in [0.2, 0.25) is 0 Å². The number of nitro benzene ring substituents is 1. The van der Waals surface area contributed by atoms with Gasteiger partial charge in [0.1, 0.15) is 5.69 Å². The van der Waals surface area contributed by atoms with Crippen molar-refractivity contribution in [3.63, 3.8) is 0 Å². The largest absolute Gasteiger partial charge is 0.455 e. The van der Waals surface area contributed by atoms with Crippen LogP contribution in [0.3, 0.4) is 0 Å². The topological polar surface area (TPSA) is 98.5 Å². The van der Waals surface area contributed by atoms with E-state index in [0.717, 1.165) is 6.42 Å². The second kappa shape index (κ2) is 6.09. The number of nitro groups is 1. The lowest BCUT2D eigenvalue weighted by molar-refractivity contribution is -0.383. The smallest absolute Gasteiger partial charge is 0.309 e. The van der Waals surface area contributed by atoms with Crippen molar-refractivity contribution >= 4 is 34.9 Å². The molecule has 1 aromatic carbocycles. The van der Waals surface area contributed by atoms with Crippen LogP contribution in [0.2, 0.25) is 5.02 Å². The molecule has 2 atom stereocenters. The van der Waals surface area contributed by atoms with Crippen LogP contribution in [0.4, 0.5) is 11.4 Å². The Morgan fingerprint density at radius 1 is 1.52 bits per heavy atom. The van der Waals surface area contributed by atoms with Gasteiger partial charge in [0.15, 0.2) is 6.61 Å². The maximum atomic E-state index is 11.7. The van der Waals surface area contributed by atoms with Gasteiger partial charge < -0.3 is 10.1 Å². The van der Waals surface area contributed by atoms with Gasteiger partial charge in [-0.3, -0.25) is 19.7 Å². The van der Waals surface area contributed by atoms with Gasteiger partial charge in [-0.1, -0.05) is 18.5 Å². The zero-order valence-corrected chi connectivity index (χ0v) is 11.9. The summed E-state index contributed by atoms with van der Waals surface area (Å²) in [6, 6.07) is 3.81. The summed E-state index contributed by atoms with van der Waals surface area (Å²) in [4.78, 5) is 33.3. The number of halogens is 1. The van der Waals surface area contributed by atoms with E-state index in [4.69, 9.17) is 16.3 Å². The highest BCUT2D eigenvalue weighted by atomic mass is 35.5. The number of ether oxygens (including phenoxy) is 1. The summed E-state index contributed by atoms with van der Waals surface area (Å²) in [7, 11) is 0. The molecule has 1 amide bonds. The fourth-order valence-corrected chi connectivity index (χ4v) is 2.02. The first-order valence-electron chi connectivity index (χ1n) is 6.29. The molecule has 1 aliphatic carbocycles. The maximum Gasteiger partial charge on any atom is 0.309 e. The van der Waals surface area contributed by atoms with E-state index in [2.05, 4.69) is 5.32 Å². The molecule has 0 radical (unpaired) electrons. The highest BCUT2D eigenvalue weighted by Gasteiger charge is 2.40. The summed E-state index contributed by atoms with van der Waals surface area (Å²) >= 11 is 5.74.